The molecule has 2 aliphatic heterocycles. The van der Waals surface area contributed by atoms with Crippen molar-refractivity contribution >= 4 is 17.8 Å². The summed E-state index contributed by atoms with van der Waals surface area (Å²) in [5, 5.41) is 3.20. The Kier molecular flexibility index (Phi) is 6.16. The fourth-order valence-corrected chi connectivity index (χ4v) is 5.48. The van der Waals surface area contributed by atoms with Crippen molar-refractivity contribution in [1.29, 1.82) is 0 Å². The van der Waals surface area contributed by atoms with Crippen molar-refractivity contribution in [2.24, 2.45) is 0 Å². The number of nitrogens with zero attached hydrogens (tertiary/aromatic N) is 2. The third kappa shape index (κ3) is 4.39. The monoisotopic (exact) mass is 445 g/mol. The highest BCUT2D eigenvalue weighted by Gasteiger charge is 2.46. The number of imide groups is 1. The lowest BCUT2D eigenvalue weighted by molar-refractivity contribution is -0.128. The maximum atomic E-state index is 12.9. The normalized spacial score (nSPS) is 21.5. The first-order chi connectivity index (χ1) is 16.1. The first-order valence-corrected chi connectivity index (χ1v) is 12.2. The summed E-state index contributed by atoms with van der Waals surface area (Å²) in [5.41, 5.74) is 4.88. The summed E-state index contributed by atoms with van der Waals surface area (Å²) in [5.74, 6) is 0.00290. The number of rotatable bonds is 7. The molecule has 2 atom stereocenters. The molecule has 0 spiro atoms. The third-order valence-corrected chi connectivity index (χ3v) is 7.27. The van der Waals surface area contributed by atoms with Crippen LogP contribution in [0.15, 0.2) is 48.5 Å². The Bertz CT molecular complexity index is 1020. The molecule has 4 amide bonds. The minimum absolute atomic E-state index is 0.0804. The summed E-state index contributed by atoms with van der Waals surface area (Å²) in [6.45, 7) is 0.936. The van der Waals surface area contributed by atoms with Gasteiger partial charge in [0.1, 0.15) is 6.04 Å². The van der Waals surface area contributed by atoms with Crippen molar-refractivity contribution < 1.29 is 14.4 Å². The molecular formula is C27H31N3O3. The SMILES string of the molecule is O=C(CCCCCN1C(=O)[C@@H]2Cc3ccccc3CN2C1=O)N[C@@H]1CCCc2ccccc21. The van der Waals surface area contributed by atoms with Crippen LogP contribution in [0.1, 0.15) is 66.8 Å². The summed E-state index contributed by atoms with van der Waals surface area (Å²) in [6, 6.07) is 16.0. The van der Waals surface area contributed by atoms with Crippen LogP contribution < -0.4 is 5.32 Å². The molecule has 172 valence electrons. The van der Waals surface area contributed by atoms with Gasteiger partial charge in [0, 0.05) is 25.9 Å². The number of amides is 4. The number of benzene rings is 2. The second kappa shape index (κ2) is 9.38. The molecule has 33 heavy (non-hydrogen) atoms. The van der Waals surface area contributed by atoms with Crippen LogP contribution in [0.25, 0.3) is 0 Å². The summed E-state index contributed by atoms with van der Waals surface area (Å²) >= 11 is 0. The highest BCUT2D eigenvalue weighted by Crippen LogP contribution is 2.31. The highest BCUT2D eigenvalue weighted by atomic mass is 16.2. The number of hydrogen-bond acceptors (Lipinski definition) is 3. The van der Waals surface area contributed by atoms with Gasteiger partial charge in [-0.05, 0) is 54.4 Å². The largest absolute Gasteiger partial charge is 0.349 e. The lowest BCUT2D eigenvalue weighted by Crippen LogP contribution is -2.39. The smallest absolute Gasteiger partial charge is 0.327 e. The Labute approximate surface area is 194 Å². The van der Waals surface area contributed by atoms with Gasteiger partial charge in [-0.1, -0.05) is 55.0 Å². The zero-order chi connectivity index (χ0) is 22.8. The van der Waals surface area contributed by atoms with Gasteiger partial charge in [0.05, 0.1) is 6.04 Å². The Morgan fingerprint density at radius 1 is 0.939 bits per heavy atom. The van der Waals surface area contributed by atoms with E-state index in [1.165, 1.54) is 16.0 Å². The van der Waals surface area contributed by atoms with E-state index in [0.29, 0.717) is 25.9 Å². The minimum atomic E-state index is -0.364. The second-order valence-electron chi connectivity index (χ2n) is 9.41. The molecule has 0 unspecified atom stereocenters. The van der Waals surface area contributed by atoms with E-state index >= 15 is 0 Å². The predicted octanol–water partition coefficient (Wildman–Crippen LogP) is 4.13. The molecule has 1 saturated heterocycles. The van der Waals surface area contributed by atoms with E-state index in [4.69, 9.17) is 0 Å². The van der Waals surface area contributed by atoms with Gasteiger partial charge < -0.3 is 10.2 Å². The van der Waals surface area contributed by atoms with Gasteiger partial charge in [0.2, 0.25) is 5.91 Å². The van der Waals surface area contributed by atoms with Crippen molar-refractivity contribution in [2.75, 3.05) is 6.54 Å². The molecule has 0 aromatic heterocycles. The van der Waals surface area contributed by atoms with Crippen molar-refractivity contribution in [1.82, 2.24) is 15.1 Å². The van der Waals surface area contributed by atoms with Gasteiger partial charge >= 0.3 is 6.03 Å². The van der Waals surface area contributed by atoms with Gasteiger partial charge in [0.25, 0.3) is 5.91 Å². The summed E-state index contributed by atoms with van der Waals surface area (Å²) in [6.07, 6.45) is 6.55. The fraction of sp³-hybridized carbons (Fsp3) is 0.444. The molecule has 0 saturated carbocycles. The number of urea groups is 1. The van der Waals surface area contributed by atoms with Crippen molar-refractivity contribution in [3.63, 3.8) is 0 Å². The maximum absolute atomic E-state index is 12.9. The number of carbonyl (C=O) groups excluding carboxylic acids is 3. The van der Waals surface area contributed by atoms with Crippen LogP contribution in [0, 0.1) is 0 Å². The van der Waals surface area contributed by atoms with Crippen molar-refractivity contribution in [2.45, 2.75) is 70.0 Å². The Hall–Kier alpha value is -3.15. The van der Waals surface area contributed by atoms with E-state index < -0.39 is 0 Å². The lowest BCUT2D eigenvalue weighted by atomic mass is 9.87. The van der Waals surface area contributed by atoms with Crippen LogP contribution >= 0.6 is 0 Å². The van der Waals surface area contributed by atoms with Crippen LogP contribution in [0.2, 0.25) is 0 Å². The van der Waals surface area contributed by atoms with Gasteiger partial charge in [-0.2, -0.15) is 0 Å². The van der Waals surface area contributed by atoms with E-state index in [-0.39, 0.29) is 29.9 Å². The molecule has 2 aromatic rings. The van der Waals surface area contributed by atoms with E-state index in [0.717, 1.165) is 49.7 Å². The molecule has 0 radical (unpaired) electrons. The number of nitrogens with one attached hydrogen (secondary N) is 1. The van der Waals surface area contributed by atoms with Gasteiger partial charge in [0.15, 0.2) is 0 Å². The number of hydrogen-bond donors (Lipinski definition) is 1. The molecule has 2 aromatic carbocycles. The van der Waals surface area contributed by atoms with Crippen molar-refractivity contribution in [3.05, 3.63) is 70.8 Å². The van der Waals surface area contributed by atoms with Crippen LogP contribution in [0.5, 0.6) is 0 Å². The highest BCUT2D eigenvalue weighted by molar-refractivity contribution is 6.04. The van der Waals surface area contributed by atoms with E-state index in [9.17, 15) is 14.4 Å². The van der Waals surface area contributed by atoms with Crippen LogP contribution in [0.3, 0.4) is 0 Å². The number of carbonyl (C=O) groups is 3. The van der Waals surface area contributed by atoms with Crippen molar-refractivity contribution in [3.8, 4) is 0 Å². The third-order valence-electron chi connectivity index (χ3n) is 7.27. The molecule has 6 nitrogen and oxygen atoms in total. The molecule has 5 rings (SSSR count). The van der Waals surface area contributed by atoms with E-state index in [2.05, 4.69) is 23.5 Å². The average Bonchev–Trinajstić information content (AvgIpc) is 3.07. The van der Waals surface area contributed by atoms with Gasteiger partial charge in [-0.15, -0.1) is 0 Å². The Morgan fingerprint density at radius 2 is 1.70 bits per heavy atom. The van der Waals surface area contributed by atoms with E-state index in [1.807, 2.05) is 30.3 Å². The van der Waals surface area contributed by atoms with Crippen LogP contribution in [-0.4, -0.2) is 40.2 Å². The number of fused-ring (bicyclic) bond motifs is 3. The molecule has 6 heteroatoms. The second-order valence-corrected chi connectivity index (χ2v) is 9.41. The summed E-state index contributed by atoms with van der Waals surface area (Å²) < 4.78 is 0. The minimum Gasteiger partial charge on any atom is -0.349 e. The Morgan fingerprint density at radius 3 is 2.55 bits per heavy atom. The molecule has 1 N–H and O–H groups in total. The molecular weight excluding hydrogens is 414 g/mol. The Balaban J connectivity index is 1.06. The zero-order valence-electron chi connectivity index (χ0n) is 19.0. The molecule has 1 fully saturated rings. The average molecular weight is 446 g/mol. The molecule has 2 heterocycles. The fourth-order valence-electron chi connectivity index (χ4n) is 5.48. The molecule has 0 bridgehead atoms. The quantitative estimate of drug-likeness (QED) is 0.515. The zero-order valence-corrected chi connectivity index (χ0v) is 19.0. The van der Waals surface area contributed by atoms with Gasteiger partial charge in [-0.25, -0.2) is 4.79 Å². The first-order valence-electron chi connectivity index (χ1n) is 12.2. The maximum Gasteiger partial charge on any atom is 0.327 e. The number of unbranched alkanes of at least 4 members (excludes halogenated alkanes) is 2. The predicted molar refractivity (Wildman–Crippen MR) is 125 cm³/mol. The van der Waals surface area contributed by atoms with Crippen LogP contribution in [-0.2, 0) is 29.0 Å². The summed E-state index contributed by atoms with van der Waals surface area (Å²) in [4.78, 5) is 41.3. The van der Waals surface area contributed by atoms with Crippen LogP contribution in [0.4, 0.5) is 4.79 Å². The summed E-state index contributed by atoms with van der Waals surface area (Å²) in [7, 11) is 0. The first kappa shape index (κ1) is 21.7. The standard InChI is InChI=1S/C27H31N3O3/c31-25(28-23-14-8-12-19-9-5-6-13-22(19)23)15-2-1-7-16-29-26(32)24-17-20-10-3-4-11-21(20)18-30(24)27(29)33/h3-6,9-11,13,23-24H,1-2,7-8,12,14-18H2,(H,28,31)/t23-,24+/m1/s1. The molecule has 1 aliphatic carbocycles. The lowest BCUT2D eigenvalue weighted by Gasteiger charge is -2.28. The molecule has 3 aliphatic rings. The van der Waals surface area contributed by atoms with E-state index in [1.54, 1.807) is 4.90 Å². The van der Waals surface area contributed by atoms with Gasteiger partial charge in [-0.3, -0.25) is 14.5 Å². The number of aryl methyl sites for hydroxylation is 1. The topological polar surface area (TPSA) is 69.7 Å².